The molecule has 174 valence electrons. The van der Waals surface area contributed by atoms with Crippen LogP contribution in [0.2, 0.25) is 0 Å². The average Bonchev–Trinajstić information content (AvgIpc) is 2.88. The zero-order chi connectivity index (χ0) is 24.5. The van der Waals surface area contributed by atoms with Crippen LogP contribution in [-0.4, -0.2) is 38.2 Å². The molecule has 2 aromatic carbocycles. The molecule has 1 heterocycles. The van der Waals surface area contributed by atoms with E-state index in [-0.39, 0.29) is 11.1 Å². The van der Waals surface area contributed by atoms with Gasteiger partial charge in [-0.05, 0) is 54.0 Å². The number of esters is 1. The van der Waals surface area contributed by atoms with Crippen molar-refractivity contribution in [3.63, 3.8) is 0 Å². The summed E-state index contributed by atoms with van der Waals surface area (Å²) in [7, 11) is 4.37. The zero-order valence-electron chi connectivity index (χ0n) is 19.5. The van der Waals surface area contributed by atoms with Gasteiger partial charge in [-0.15, -0.1) is 0 Å². The molecular weight excluding hydrogens is 432 g/mol. The van der Waals surface area contributed by atoms with E-state index in [0.29, 0.717) is 28.3 Å². The maximum absolute atomic E-state index is 13.5. The highest BCUT2D eigenvalue weighted by atomic mass is 16.5. The number of benzene rings is 2. The van der Waals surface area contributed by atoms with E-state index in [9.17, 15) is 9.59 Å². The number of hydrogen-bond donors (Lipinski definition) is 1. The number of nitrogens with zero attached hydrogens (tertiary/aromatic N) is 1. The lowest BCUT2D eigenvalue weighted by atomic mass is 9.93. The molecule has 0 saturated carbocycles. The van der Waals surface area contributed by atoms with E-state index in [0.717, 1.165) is 5.56 Å². The first-order chi connectivity index (χ1) is 16.5. The van der Waals surface area contributed by atoms with E-state index < -0.39 is 11.9 Å². The number of hydrogen-bond acceptors (Lipinski definition) is 6. The average molecular weight is 459 g/mol. The van der Waals surface area contributed by atoms with Crippen molar-refractivity contribution in [1.29, 1.82) is 0 Å². The molecule has 1 N–H and O–H groups in total. The first-order valence-corrected chi connectivity index (χ1v) is 10.5. The number of aromatic nitrogens is 1. The summed E-state index contributed by atoms with van der Waals surface area (Å²) in [5, 5.41) is 2.83. The zero-order valence-corrected chi connectivity index (χ0v) is 19.5. The molecule has 0 saturated heterocycles. The molecule has 3 rings (SSSR count). The fourth-order valence-electron chi connectivity index (χ4n) is 3.34. The maximum atomic E-state index is 13.5. The van der Waals surface area contributed by atoms with Gasteiger partial charge in [0.2, 0.25) is 0 Å². The second-order valence-electron chi connectivity index (χ2n) is 7.25. The SMILES string of the molecule is COC(=O)C(=C(/C)c1cc(OC)cc(OC)c1)/C(=C\c1ccccc1)C(=O)Nc1ccncc1. The Balaban J connectivity index is 2.22. The Kier molecular flexibility index (Phi) is 8.18. The predicted octanol–water partition coefficient (Wildman–Crippen LogP) is 4.77. The van der Waals surface area contributed by atoms with Gasteiger partial charge in [0.1, 0.15) is 11.5 Å². The van der Waals surface area contributed by atoms with Crippen LogP contribution in [0, 0.1) is 0 Å². The number of anilines is 1. The molecule has 7 nitrogen and oxygen atoms in total. The van der Waals surface area contributed by atoms with Crippen LogP contribution in [-0.2, 0) is 14.3 Å². The van der Waals surface area contributed by atoms with Crippen molar-refractivity contribution in [2.24, 2.45) is 0 Å². The summed E-state index contributed by atoms with van der Waals surface area (Å²) in [5.74, 6) is -0.0171. The molecule has 0 unspecified atom stereocenters. The van der Waals surface area contributed by atoms with Crippen LogP contribution in [0.4, 0.5) is 5.69 Å². The first-order valence-electron chi connectivity index (χ1n) is 10.5. The lowest BCUT2D eigenvalue weighted by molar-refractivity contribution is -0.136. The van der Waals surface area contributed by atoms with Crippen LogP contribution in [0.1, 0.15) is 18.1 Å². The van der Waals surface area contributed by atoms with E-state index in [4.69, 9.17) is 14.2 Å². The van der Waals surface area contributed by atoms with E-state index in [1.54, 1.807) is 69.9 Å². The molecular formula is C27H26N2O5. The van der Waals surface area contributed by atoms with Gasteiger partial charge in [-0.25, -0.2) is 4.79 Å². The molecule has 7 heteroatoms. The number of methoxy groups -OCH3 is 3. The first kappa shape index (κ1) is 24.3. The third kappa shape index (κ3) is 5.89. The highest BCUT2D eigenvalue weighted by Crippen LogP contribution is 2.32. The molecule has 1 aromatic heterocycles. The minimum absolute atomic E-state index is 0.119. The summed E-state index contributed by atoms with van der Waals surface area (Å²) in [6.45, 7) is 1.75. The number of carbonyl (C=O) groups is 2. The Hall–Kier alpha value is -4.39. The van der Waals surface area contributed by atoms with E-state index in [1.807, 2.05) is 30.3 Å². The van der Waals surface area contributed by atoms with Crippen LogP contribution in [0.15, 0.2) is 84.2 Å². The van der Waals surface area contributed by atoms with Crippen molar-refractivity contribution in [2.45, 2.75) is 6.92 Å². The van der Waals surface area contributed by atoms with Gasteiger partial charge < -0.3 is 19.5 Å². The standard InChI is InChI=1S/C27H26N2O5/c1-18(20-15-22(32-2)17-23(16-20)33-3)25(27(31)34-4)24(14-19-8-6-5-7-9-19)26(30)29-21-10-12-28-13-11-21/h5-17H,1-4H3,(H,28,29,30)/b24-14+,25-18-. The van der Waals surface area contributed by atoms with Crippen molar-refractivity contribution >= 4 is 29.2 Å². The minimum atomic E-state index is -0.647. The minimum Gasteiger partial charge on any atom is -0.497 e. The molecule has 3 aromatic rings. The number of nitrogens with one attached hydrogen (secondary N) is 1. The molecule has 0 aliphatic carbocycles. The second kappa shape index (κ2) is 11.5. The Bertz CT molecular complexity index is 1200. The fraction of sp³-hybridized carbons (Fsp3) is 0.148. The molecule has 0 bridgehead atoms. The van der Waals surface area contributed by atoms with Gasteiger partial charge in [0.15, 0.2) is 0 Å². The van der Waals surface area contributed by atoms with E-state index in [1.165, 1.54) is 7.11 Å². The third-order valence-corrected chi connectivity index (χ3v) is 5.11. The maximum Gasteiger partial charge on any atom is 0.338 e. The van der Waals surface area contributed by atoms with Crippen molar-refractivity contribution < 1.29 is 23.8 Å². The molecule has 0 radical (unpaired) electrons. The van der Waals surface area contributed by atoms with Crippen molar-refractivity contribution in [3.05, 3.63) is 95.3 Å². The summed E-state index contributed by atoms with van der Waals surface area (Å²) < 4.78 is 15.9. The molecule has 34 heavy (non-hydrogen) atoms. The van der Waals surface area contributed by atoms with E-state index >= 15 is 0 Å². The van der Waals surface area contributed by atoms with Gasteiger partial charge in [0, 0.05) is 24.1 Å². The molecule has 1 amide bonds. The van der Waals surface area contributed by atoms with Crippen molar-refractivity contribution in [3.8, 4) is 11.5 Å². The number of rotatable bonds is 8. The highest BCUT2D eigenvalue weighted by Gasteiger charge is 2.25. The van der Waals surface area contributed by atoms with Crippen LogP contribution in [0.3, 0.4) is 0 Å². The Morgan fingerprint density at radius 3 is 2.06 bits per heavy atom. The van der Waals surface area contributed by atoms with Crippen molar-refractivity contribution in [1.82, 2.24) is 4.98 Å². The molecule has 0 aliphatic rings. The Morgan fingerprint density at radius 1 is 0.882 bits per heavy atom. The second-order valence-corrected chi connectivity index (χ2v) is 7.25. The number of carbonyl (C=O) groups excluding carboxylic acids is 2. The smallest absolute Gasteiger partial charge is 0.338 e. The fourth-order valence-corrected chi connectivity index (χ4v) is 3.34. The largest absolute Gasteiger partial charge is 0.497 e. The summed E-state index contributed by atoms with van der Waals surface area (Å²) in [6, 6.07) is 17.9. The van der Waals surface area contributed by atoms with Gasteiger partial charge in [-0.2, -0.15) is 0 Å². The van der Waals surface area contributed by atoms with Crippen LogP contribution in [0.25, 0.3) is 11.6 Å². The highest BCUT2D eigenvalue weighted by molar-refractivity contribution is 6.19. The molecule has 0 fully saturated rings. The number of pyridine rings is 1. The monoisotopic (exact) mass is 458 g/mol. The summed E-state index contributed by atoms with van der Waals surface area (Å²) >= 11 is 0. The third-order valence-electron chi connectivity index (χ3n) is 5.11. The Morgan fingerprint density at radius 2 is 1.50 bits per heavy atom. The lowest BCUT2D eigenvalue weighted by Crippen LogP contribution is -2.21. The normalized spacial score (nSPS) is 11.8. The Labute approximate surface area is 198 Å². The summed E-state index contributed by atoms with van der Waals surface area (Å²) in [4.78, 5) is 30.5. The summed E-state index contributed by atoms with van der Waals surface area (Å²) in [5.41, 5.74) is 2.73. The van der Waals surface area contributed by atoms with E-state index in [2.05, 4.69) is 10.3 Å². The number of allylic oxidation sites excluding steroid dienone is 1. The molecule has 0 aliphatic heterocycles. The van der Waals surface area contributed by atoms with Gasteiger partial charge in [-0.3, -0.25) is 9.78 Å². The van der Waals surface area contributed by atoms with Gasteiger partial charge in [0.25, 0.3) is 5.91 Å². The van der Waals surface area contributed by atoms with Crippen LogP contribution >= 0.6 is 0 Å². The number of ether oxygens (including phenoxy) is 3. The van der Waals surface area contributed by atoms with Gasteiger partial charge in [-0.1, -0.05) is 30.3 Å². The van der Waals surface area contributed by atoms with Crippen molar-refractivity contribution in [2.75, 3.05) is 26.6 Å². The molecule has 0 atom stereocenters. The van der Waals surface area contributed by atoms with Gasteiger partial charge in [0.05, 0.1) is 32.5 Å². The van der Waals surface area contributed by atoms with Gasteiger partial charge >= 0.3 is 5.97 Å². The number of amides is 1. The van der Waals surface area contributed by atoms with Crippen LogP contribution in [0.5, 0.6) is 11.5 Å². The van der Waals surface area contributed by atoms with Crippen LogP contribution < -0.4 is 14.8 Å². The summed E-state index contributed by atoms with van der Waals surface area (Å²) in [6.07, 6.45) is 4.80. The lowest BCUT2D eigenvalue weighted by Gasteiger charge is -2.16. The predicted molar refractivity (Wildman–Crippen MR) is 131 cm³/mol. The topological polar surface area (TPSA) is 86.8 Å². The molecule has 0 spiro atoms. The quantitative estimate of drug-likeness (QED) is 0.297.